The molecule has 0 aliphatic rings. The van der Waals surface area contributed by atoms with Gasteiger partial charge < -0.3 is 10.4 Å². The van der Waals surface area contributed by atoms with Crippen molar-refractivity contribution in [1.82, 2.24) is 15.5 Å². The van der Waals surface area contributed by atoms with Crippen molar-refractivity contribution in [1.29, 1.82) is 0 Å². The van der Waals surface area contributed by atoms with Gasteiger partial charge in [-0.1, -0.05) is 6.92 Å². The Kier molecular flexibility index (Phi) is 4.49. The van der Waals surface area contributed by atoms with Gasteiger partial charge in [-0.25, -0.2) is 0 Å². The number of rotatable bonds is 6. The third-order valence-corrected chi connectivity index (χ3v) is 1.87. The van der Waals surface area contributed by atoms with Crippen LogP contribution in [0.2, 0.25) is 0 Å². The molecule has 4 heteroatoms. The van der Waals surface area contributed by atoms with Crippen LogP contribution in [0.5, 0.6) is 0 Å². The van der Waals surface area contributed by atoms with E-state index in [-0.39, 0.29) is 6.61 Å². The quantitative estimate of drug-likeness (QED) is 0.561. The van der Waals surface area contributed by atoms with E-state index in [1.54, 1.807) is 0 Å². The van der Waals surface area contributed by atoms with E-state index in [2.05, 4.69) is 28.5 Å². The average molecular weight is 183 g/mol. The molecule has 0 fully saturated rings. The predicted molar refractivity (Wildman–Crippen MR) is 51.4 cm³/mol. The number of aromatic nitrogens is 2. The number of aliphatic hydroxyl groups excluding tert-OH is 1. The standard InChI is InChI=1S/C9H17N3O/c1-2-8-6-9(12-11-8)7-10-4-3-5-13/h6,10,13H,2-5,7H2,1H3,(H,11,12). The van der Waals surface area contributed by atoms with Crippen LogP contribution in [0.1, 0.15) is 24.7 Å². The third-order valence-electron chi connectivity index (χ3n) is 1.87. The fourth-order valence-electron chi connectivity index (χ4n) is 1.11. The molecule has 0 unspecified atom stereocenters. The Hall–Kier alpha value is -0.870. The molecular weight excluding hydrogens is 166 g/mol. The first-order valence-electron chi connectivity index (χ1n) is 4.71. The Bertz CT molecular complexity index is 235. The smallest absolute Gasteiger partial charge is 0.0622 e. The molecular formula is C9H17N3O. The highest BCUT2D eigenvalue weighted by molar-refractivity contribution is 5.07. The fourth-order valence-corrected chi connectivity index (χ4v) is 1.11. The maximum Gasteiger partial charge on any atom is 0.0622 e. The summed E-state index contributed by atoms with van der Waals surface area (Å²) in [5.41, 5.74) is 2.20. The van der Waals surface area contributed by atoms with Crippen molar-refractivity contribution in [2.24, 2.45) is 0 Å². The van der Waals surface area contributed by atoms with Gasteiger partial charge in [0.25, 0.3) is 0 Å². The average Bonchev–Trinajstić information content (AvgIpc) is 2.60. The van der Waals surface area contributed by atoms with Crippen molar-refractivity contribution >= 4 is 0 Å². The van der Waals surface area contributed by atoms with Gasteiger partial charge in [0.05, 0.1) is 5.69 Å². The van der Waals surface area contributed by atoms with Crippen LogP contribution in [0.15, 0.2) is 6.07 Å². The molecule has 0 aliphatic heterocycles. The molecule has 0 saturated heterocycles. The molecule has 0 radical (unpaired) electrons. The molecule has 0 bridgehead atoms. The molecule has 74 valence electrons. The van der Waals surface area contributed by atoms with Gasteiger partial charge in [-0.05, 0) is 25.5 Å². The lowest BCUT2D eigenvalue weighted by Gasteiger charge is -1.99. The molecule has 1 heterocycles. The fraction of sp³-hybridized carbons (Fsp3) is 0.667. The molecule has 1 aromatic rings. The number of aromatic amines is 1. The summed E-state index contributed by atoms with van der Waals surface area (Å²) in [7, 11) is 0. The summed E-state index contributed by atoms with van der Waals surface area (Å²) in [4.78, 5) is 0. The van der Waals surface area contributed by atoms with Gasteiger partial charge >= 0.3 is 0 Å². The van der Waals surface area contributed by atoms with E-state index in [1.807, 2.05) is 0 Å². The van der Waals surface area contributed by atoms with E-state index < -0.39 is 0 Å². The van der Waals surface area contributed by atoms with Crippen LogP contribution in [0.25, 0.3) is 0 Å². The largest absolute Gasteiger partial charge is 0.396 e. The molecule has 0 saturated carbocycles. The van der Waals surface area contributed by atoms with Crippen LogP contribution in [0, 0.1) is 0 Å². The van der Waals surface area contributed by atoms with Crippen molar-refractivity contribution in [2.75, 3.05) is 13.2 Å². The number of H-pyrrole nitrogens is 1. The summed E-state index contributed by atoms with van der Waals surface area (Å²) in [5.74, 6) is 0. The van der Waals surface area contributed by atoms with E-state index in [0.717, 1.165) is 37.3 Å². The lowest BCUT2D eigenvalue weighted by atomic mass is 10.3. The van der Waals surface area contributed by atoms with Crippen molar-refractivity contribution in [3.63, 3.8) is 0 Å². The van der Waals surface area contributed by atoms with Gasteiger partial charge in [0.2, 0.25) is 0 Å². The maximum absolute atomic E-state index is 8.55. The van der Waals surface area contributed by atoms with Crippen molar-refractivity contribution in [3.05, 3.63) is 17.5 Å². The molecule has 0 aromatic carbocycles. The second kappa shape index (κ2) is 5.72. The lowest BCUT2D eigenvalue weighted by Crippen LogP contribution is -2.15. The van der Waals surface area contributed by atoms with E-state index in [4.69, 9.17) is 5.11 Å². The van der Waals surface area contributed by atoms with Crippen LogP contribution in [-0.4, -0.2) is 28.5 Å². The van der Waals surface area contributed by atoms with Gasteiger partial charge in [0.15, 0.2) is 0 Å². The van der Waals surface area contributed by atoms with Crippen LogP contribution < -0.4 is 5.32 Å². The van der Waals surface area contributed by atoms with Crippen LogP contribution in [0.3, 0.4) is 0 Å². The highest BCUT2D eigenvalue weighted by Crippen LogP contribution is 1.99. The summed E-state index contributed by atoms with van der Waals surface area (Å²) in [6.07, 6.45) is 1.77. The zero-order valence-electron chi connectivity index (χ0n) is 8.01. The van der Waals surface area contributed by atoms with Crippen LogP contribution >= 0.6 is 0 Å². The molecule has 0 aliphatic carbocycles. The number of nitrogens with zero attached hydrogens (tertiary/aromatic N) is 1. The minimum absolute atomic E-state index is 0.246. The second-order valence-corrected chi connectivity index (χ2v) is 2.99. The first-order valence-corrected chi connectivity index (χ1v) is 4.71. The zero-order chi connectivity index (χ0) is 9.52. The van der Waals surface area contributed by atoms with E-state index >= 15 is 0 Å². The Balaban J connectivity index is 2.20. The minimum Gasteiger partial charge on any atom is -0.396 e. The number of hydrogen-bond acceptors (Lipinski definition) is 3. The van der Waals surface area contributed by atoms with Gasteiger partial charge in [-0.2, -0.15) is 5.10 Å². The van der Waals surface area contributed by atoms with Crippen molar-refractivity contribution < 1.29 is 5.11 Å². The Morgan fingerprint density at radius 2 is 2.46 bits per heavy atom. The summed E-state index contributed by atoms with van der Waals surface area (Å²) in [6.45, 7) is 3.97. The van der Waals surface area contributed by atoms with E-state index in [1.165, 1.54) is 0 Å². The first kappa shape index (κ1) is 10.2. The van der Waals surface area contributed by atoms with Crippen molar-refractivity contribution in [2.45, 2.75) is 26.3 Å². The summed E-state index contributed by atoms with van der Waals surface area (Å²) >= 11 is 0. The number of aliphatic hydroxyl groups is 1. The number of aryl methyl sites for hydroxylation is 1. The molecule has 0 spiro atoms. The molecule has 0 atom stereocenters. The molecule has 0 amide bonds. The number of hydrogen-bond donors (Lipinski definition) is 3. The van der Waals surface area contributed by atoms with Crippen molar-refractivity contribution in [3.8, 4) is 0 Å². The number of nitrogens with one attached hydrogen (secondary N) is 2. The summed E-state index contributed by atoms with van der Waals surface area (Å²) in [5, 5.41) is 18.8. The molecule has 1 aromatic heterocycles. The van der Waals surface area contributed by atoms with Crippen LogP contribution in [0.4, 0.5) is 0 Å². The summed E-state index contributed by atoms with van der Waals surface area (Å²) in [6, 6.07) is 2.06. The molecule has 4 nitrogen and oxygen atoms in total. The van der Waals surface area contributed by atoms with Crippen LogP contribution in [-0.2, 0) is 13.0 Å². The van der Waals surface area contributed by atoms with Gasteiger partial charge in [-0.15, -0.1) is 0 Å². The normalized spacial score (nSPS) is 10.6. The minimum atomic E-state index is 0.246. The second-order valence-electron chi connectivity index (χ2n) is 2.99. The topological polar surface area (TPSA) is 60.9 Å². The monoisotopic (exact) mass is 183 g/mol. The lowest BCUT2D eigenvalue weighted by molar-refractivity contribution is 0.286. The maximum atomic E-state index is 8.55. The van der Waals surface area contributed by atoms with E-state index in [9.17, 15) is 0 Å². The first-order chi connectivity index (χ1) is 6.36. The SMILES string of the molecule is CCc1cc(CNCCCO)[nH]n1. The summed E-state index contributed by atoms with van der Waals surface area (Å²) < 4.78 is 0. The van der Waals surface area contributed by atoms with Gasteiger partial charge in [0, 0.05) is 18.8 Å². The van der Waals surface area contributed by atoms with Gasteiger partial charge in [-0.3, -0.25) is 5.10 Å². The Morgan fingerprint density at radius 3 is 3.08 bits per heavy atom. The molecule has 3 N–H and O–H groups in total. The third kappa shape index (κ3) is 3.57. The Morgan fingerprint density at radius 1 is 1.62 bits per heavy atom. The van der Waals surface area contributed by atoms with E-state index in [0.29, 0.717) is 0 Å². The molecule has 1 rings (SSSR count). The molecule has 13 heavy (non-hydrogen) atoms. The highest BCUT2D eigenvalue weighted by Gasteiger charge is 1.97. The predicted octanol–water partition coefficient (Wildman–Crippen LogP) is 0.444. The zero-order valence-corrected chi connectivity index (χ0v) is 8.01. The highest BCUT2D eigenvalue weighted by atomic mass is 16.3. The van der Waals surface area contributed by atoms with Gasteiger partial charge in [0.1, 0.15) is 0 Å². The Labute approximate surface area is 78.4 Å².